The fourth-order valence-corrected chi connectivity index (χ4v) is 5.10. The van der Waals surface area contributed by atoms with Crippen LogP contribution in [0.2, 0.25) is 0 Å². The predicted molar refractivity (Wildman–Crippen MR) is 114 cm³/mol. The third kappa shape index (κ3) is 4.83. The summed E-state index contributed by atoms with van der Waals surface area (Å²) in [6, 6.07) is 12.1. The third-order valence-electron chi connectivity index (χ3n) is 5.27. The topological polar surface area (TPSA) is 84.9 Å². The van der Waals surface area contributed by atoms with Crippen molar-refractivity contribution in [3.05, 3.63) is 59.2 Å². The van der Waals surface area contributed by atoms with E-state index in [9.17, 15) is 13.2 Å². The molecule has 1 saturated heterocycles. The highest BCUT2D eigenvalue weighted by Crippen LogP contribution is 2.24. The Morgan fingerprint density at radius 2 is 1.83 bits per heavy atom. The lowest BCUT2D eigenvalue weighted by atomic mass is 10.0. The Balaban J connectivity index is 1.82. The minimum Gasteiger partial charge on any atom is -0.497 e. The number of carbonyl (C=O) groups excluding carboxylic acids is 1. The molecule has 162 valence electrons. The second-order valence-corrected chi connectivity index (χ2v) is 9.11. The van der Waals surface area contributed by atoms with E-state index >= 15 is 0 Å². The molecule has 3 rings (SSSR count). The normalized spacial score (nSPS) is 16.1. The first kappa shape index (κ1) is 22.3. The van der Waals surface area contributed by atoms with Crippen molar-refractivity contribution in [3.63, 3.8) is 0 Å². The number of benzene rings is 2. The van der Waals surface area contributed by atoms with Gasteiger partial charge in [0.05, 0.1) is 31.3 Å². The van der Waals surface area contributed by atoms with Crippen molar-refractivity contribution in [2.45, 2.75) is 31.2 Å². The lowest BCUT2D eigenvalue weighted by Gasteiger charge is -2.27. The highest BCUT2D eigenvalue weighted by atomic mass is 32.2. The molecule has 0 spiro atoms. The number of nitrogens with zero attached hydrogens (tertiary/aromatic N) is 1. The Kier molecular flexibility index (Phi) is 7.12. The summed E-state index contributed by atoms with van der Waals surface area (Å²) in [6.45, 7) is 5.10. The lowest BCUT2D eigenvalue weighted by Crippen LogP contribution is -2.41. The van der Waals surface area contributed by atoms with Crippen LogP contribution >= 0.6 is 0 Å². The van der Waals surface area contributed by atoms with Gasteiger partial charge in [0.1, 0.15) is 5.75 Å². The molecule has 0 aliphatic carbocycles. The van der Waals surface area contributed by atoms with Gasteiger partial charge in [0.2, 0.25) is 10.0 Å². The molecule has 1 aliphatic heterocycles. The van der Waals surface area contributed by atoms with Crippen molar-refractivity contribution in [2.75, 3.05) is 33.4 Å². The van der Waals surface area contributed by atoms with Crippen LogP contribution in [-0.2, 0) is 14.8 Å². The summed E-state index contributed by atoms with van der Waals surface area (Å²) in [5.41, 5.74) is 1.89. The summed E-state index contributed by atoms with van der Waals surface area (Å²) in [5, 5.41) is 3.01. The zero-order valence-corrected chi connectivity index (χ0v) is 18.4. The molecule has 8 heteroatoms. The molecule has 0 radical (unpaired) electrons. The highest BCUT2D eigenvalue weighted by molar-refractivity contribution is 7.89. The third-order valence-corrected chi connectivity index (χ3v) is 7.31. The van der Waals surface area contributed by atoms with E-state index in [-0.39, 0.29) is 16.8 Å². The van der Waals surface area contributed by atoms with Crippen LogP contribution < -0.4 is 10.1 Å². The van der Waals surface area contributed by atoms with Crippen molar-refractivity contribution in [2.24, 2.45) is 0 Å². The van der Waals surface area contributed by atoms with E-state index in [2.05, 4.69) is 5.32 Å². The quantitative estimate of drug-likeness (QED) is 0.727. The minimum absolute atomic E-state index is 0.162. The van der Waals surface area contributed by atoms with Crippen LogP contribution in [0.5, 0.6) is 5.75 Å². The number of hydrogen-bond acceptors (Lipinski definition) is 5. The van der Waals surface area contributed by atoms with Gasteiger partial charge < -0.3 is 14.8 Å². The van der Waals surface area contributed by atoms with Crippen LogP contribution in [0.15, 0.2) is 47.4 Å². The predicted octanol–water partition coefficient (Wildman–Crippen LogP) is 2.91. The van der Waals surface area contributed by atoms with Crippen molar-refractivity contribution in [1.82, 2.24) is 9.62 Å². The van der Waals surface area contributed by atoms with Gasteiger partial charge in [-0.25, -0.2) is 8.42 Å². The minimum atomic E-state index is -3.68. The van der Waals surface area contributed by atoms with Gasteiger partial charge in [0, 0.05) is 18.7 Å². The van der Waals surface area contributed by atoms with E-state index in [1.165, 1.54) is 10.4 Å². The maximum Gasteiger partial charge on any atom is 0.251 e. The number of ether oxygens (including phenoxy) is 2. The van der Waals surface area contributed by atoms with Gasteiger partial charge >= 0.3 is 0 Å². The molecular weight excluding hydrogens is 404 g/mol. The zero-order valence-electron chi connectivity index (χ0n) is 17.6. The van der Waals surface area contributed by atoms with Crippen molar-refractivity contribution < 1.29 is 22.7 Å². The lowest BCUT2D eigenvalue weighted by molar-refractivity contribution is 0.0730. The number of hydrogen-bond donors (Lipinski definition) is 1. The molecule has 1 N–H and O–H groups in total. The molecule has 1 atom stereocenters. The molecule has 1 amide bonds. The second kappa shape index (κ2) is 9.59. The van der Waals surface area contributed by atoms with Gasteiger partial charge in [-0.1, -0.05) is 25.1 Å². The van der Waals surface area contributed by atoms with Gasteiger partial charge in [-0.05, 0) is 48.7 Å². The molecule has 1 fully saturated rings. The maximum absolute atomic E-state index is 13.1. The standard InChI is InChI=1S/C22H28N2O5S/c1-4-20(17-7-9-19(28-3)10-8-17)23-22(25)18-6-5-16(2)21(15-18)30(26,27)24-11-13-29-14-12-24/h5-10,15,20H,4,11-14H2,1-3H3,(H,23,25). The van der Waals surface area contributed by atoms with Gasteiger partial charge in [-0.15, -0.1) is 0 Å². The smallest absolute Gasteiger partial charge is 0.251 e. The first-order valence-corrected chi connectivity index (χ1v) is 11.4. The number of aryl methyl sites for hydroxylation is 1. The van der Waals surface area contributed by atoms with Gasteiger partial charge in [0.25, 0.3) is 5.91 Å². The Bertz CT molecular complexity index is 983. The molecule has 0 saturated carbocycles. The Labute approximate surface area is 178 Å². The summed E-state index contributed by atoms with van der Waals surface area (Å²) in [4.78, 5) is 13.1. The number of morpholine rings is 1. The molecule has 2 aromatic rings. The van der Waals surface area contributed by atoms with Crippen LogP contribution in [0.25, 0.3) is 0 Å². The summed E-state index contributed by atoms with van der Waals surface area (Å²) in [7, 11) is -2.08. The van der Waals surface area contributed by atoms with Gasteiger partial charge in [0.15, 0.2) is 0 Å². The summed E-state index contributed by atoms with van der Waals surface area (Å²) in [6.07, 6.45) is 0.697. The van der Waals surface area contributed by atoms with Crippen LogP contribution in [-0.4, -0.2) is 52.0 Å². The fourth-order valence-electron chi connectivity index (χ4n) is 3.44. The number of carbonyl (C=O) groups is 1. The number of methoxy groups -OCH3 is 1. The largest absolute Gasteiger partial charge is 0.497 e. The van der Waals surface area contributed by atoms with Gasteiger partial charge in [-0.2, -0.15) is 4.31 Å². The van der Waals surface area contributed by atoms with E-state index in [4.69, 9.17) is 9.47 Å². The summed E-state index contributed by atoms with van der Waals surface area (Å²) in [5.74, 6) is 0.438. The average Bonchev–Trinajstić information content (AvgIpc) is 2.78. The van der Waals surface area contributed by atoms with E-state index in [0.717, 1.165) is 11.3 Å². The molecule has 1 aliphatic rings. The van der Waals surface area contributed by atoms with Crippen LogP contribution in [0, 0.1) is 6.92 Å². The maximum atomic E-state index is 13.1. The molecule has 0 bridgehead atoms. The highest BCUT2D eigenvalue weighted by Gasteiger charge is 2.28. The first-order valence-electron chi connectivity index (χ1n) is 10.00. The van der Waals surface area contributed by atoms with Crippen LogP contribution in [0.4, 0.5) is 0 Å². The number of rotatable bonds is 7. The average molecular weight is 433 g/mol. The fraction of sp³-hybridized carbons (Fsp3) is 0.409. The number of sulfonamides is 1. The molecule has 1 heterocycles. The Morgan fingerprint density at radius 1 is 1.17 bits per heavy atom. The van der Waals surface area contributed by atoms with Crippen molar-refractivity contribution in [3.8, 4) is 5.75 Å². The van der Waals surface area contributed by atoms with Crippen molar-refractivity contribution >= 4 is 15.9 Å². The second-order valence-electron chi connectivity index (χ2n) is 7.20. The van der Waals surface area contributed by atoms with Gasteiger partial charge in [-0.3, -0.25) is 4.79 Å². The van der Waals surface area contributed by atoms with E-state index in [1.54, 1.807) is 26.2 Å². The van der Waals surface area contributed by atoms with Crippen molar-refractivity contribution in [1.29, 1.82) is 0 Å². The Morgan fingerprint density at radius 3 is 2.43 bits per heavy atom. The first-order chi connectivity index (χ1) is 14.4. The molecule has 2 aromatic carbocycles. The summed E-state index contributed by atoms with van der Waals surface area (Å²) >= 11 is 0. The number of nitrogens with one attached hydrogen (secondary N) is 1. The molecule has 0 aromatic heterocycles. The molecule has 7 nitrogen and oxygen atoms in total. The molecular formula is C22H28N2O5S. The molecule has 1 unspecified atom stereocenters. The Hall–Kier alpha value is -2.42. The molecule has 30 heavy (non-hydrogen) atoms. The van der Waals surface area contributed by atoms with Crippen LogP contribution in [0.1, 0.15) is 40.9 Å². The zero-order chi connectivity index (χ0) is 21.7. The van der Waals surface area contributed by atoms with E-state index in [0.29, 0.717) is 43.9 Å². The van der Waals surface area contributed by atoms with E-state index in [1.807, 2.05) is 31.2 Å². The number of amides is 1. The summed E-state index contributed by atoms with van der Waals surface area (Å²) < 4.78 is 38.0. The monoisotopic (exact) mass is 432 g/mol. The van der Waals surface area contributed by atoms with Crippen LogP contribution in [0.3, 0.4) is 0 Å². The van der Waals surface area contributed by atoms with E-state index < -0.39 is 10.0 Å². The SMILES string of the molecule is CCC(NC(=O)c1ccc(C)c(S(=O)(=O)N2CCOCC2)c1)c1ccc(OC)cc1.